The molecule has 24 heavy (non-hydrogen) atoms. The largest absolute Gasteiger partial charge is 0.352 e. The van der Waals surface area contributed by atoms with E-state index in [1.165, 1.54) is 0 Å². The van der Waals surface area contributed by atoms with Gasteiger partial charge in [-0.25, -0.2) is 9.67 Å². The summed E-state index contributed by atoms with van der Waals surface area (Å²) in [6.45, 7) is 6.80. The Labute approximate surface area is 141 Å². The van der Waals surface area contributed by atoms with E-state index in [2.05, 4.69) is 24.3 Å². The molecule has 0 aliphatic heterocycles. The lowest BCUT2D eigenvalue weighted by atomic mass is 10.1. The molecule has 0 bridgehead atoms. The van der Waals surface area contributed by atoms with Crippen LogP contribution in [0.4, 0.5) is 0 Å². The number of benzene rings is 1. The van der Waals surface area contributed by atoms with Crippen molar-refractivity contribution in [2.75, 3.05) is 6.54 Å². The quantitative estimate of drug-likeness (QED) is 0.777. The Morgan fingerprint density at radius 1 is 1.25 bits per heavy atom. The van der Waals surface area contributed by atoms with Gasteiger partial charge < -0.3 is 5.32 Å². The Morgan fingerprint density at radius 3 is 2.67 bits per heavy atom. The molecule has 124 valence electrons. The minimum atomic E-state index is -0.0789. The summed E-state index contributed by atoms with van der Waals surface area (Å²) in [6, 6.07) is 11.9. The minimum absolute atomic E-state index is 0.0789. The number of amides is 1. The van der Waals surface area contributed by atoms with Gasteiger partial charge >= 0.3 is 0 Å². The number of hydrogen-bond acceptors (Lipinski definition) is 3. The highest BCUT2D eigenvalue weighted by Crippen LogP contribution is 2.26. The summed E-state index contributed by atoms with van der Waals surface area (Å²) in [5.41, 5.74) is 3.14. The molecule has 1 amide bonds. The molecule has 3 rings (SSSR count). The van der Waals surface area contributed by atoms with Crippen LogP contribution >= 0.6 is 0 Å². The lowest BCUT2D eigenvalue weighted by Crippen LogP contribution is -2.24. The number of nitrogens with zero attached hydrogens (tertiary/aromatic N) is 3. The van der Waals surface area contributed by atoms with E-state index in [0.29, 0.717) is 12.1 Å². The van der Waals surface area contributed by atoms with E-state index in [1.807, 2.05) is 48.0 Å². The molecule has 3 aromatic rings. The second-order valence-electron chi connectivity index (χ2n) is 6.10. The van der Waals surface area contributed by atoms with E-state index in [1.54, 1.807) is 6.20 Å². The number of rotatable bonds is 5. The number of aromatic nitrogens is 3. The molecule has 0 saturated carbocycles. The smallest absolute Gasteiger partial charge is 0.252 e. The molecule has 1 N–H and O–H groups in total. The van der Waals surface area contributed by atoms with E-state index < -0.39 is 0 Å². The van der Waals surface area contributed by atoms with Crippen molar-refractivity contribution < 1.29 is 4.79 Å². The molecule has 5 nitrogen and oxygen atoms in total. The molecular weight excluding hydrogens is 300 g/mol. The Hall–Kier alpha value is -2.69. The second-order valence-corrected chi connectivity index (χ2v) is 6.10. The van der Waals surface area contributed by atoms with Crippen LogP contribution in [0.15, 0.2) is 42.6 Å². The zero-order valence-corrected chi connectivity index (χ0v) is 14.3. The van der Waals surface area contributed by atoms with Crippen LogP contribution in [0.3, 0.4) is 0 Å². The van der Waals surface area contributed by atoms with Crippen molar-refractivity contribution >= 4 is 16.9 Å². The summed E-state index contributed by atoms with van der Waals surface area (Å²) in [7, 11) is 0. The van der Waals surface area contributed by atoms with Gasteiger partial charge in [0, 0.05) is 18.2 Å². The van der Waals surface area contributed by atoms with Gasteiger partial charge in [0.05, 0.1) is 22.8 Å². The van der Waals surface area contributed by atoms with E-state index in [9.17, 15) is 4.79 Å². The lowest BCUT2D eigenvalue weighted by Gasteiger charge is -2.11. The highest BCUT2D eigenvalue weighted by molar-refractivity contribution is 6.06. The number of carbonyl (C=O) groups is 1. The van der Waals surface area contributed by atoms with Gasteiger partial charge in [-0.2, -0.15) is 5.10 Å². The second kappa shape index (κ2) is 6.83. The first-order chi connectivity index (χ1) is 11.6. The van der Waals surface area contributed by atoms with Crippen molar-refractivity contribution in [3.05, 3.63) is 48.2 Å². The van der Waals surface area contributed by atoms with Crippen molar-refractivity contribution in [3.8, 4) is 11.3 Å². The maximum Gasteiger partial charge on any atom is 0.252 e. The third kappa shape index (κ3) is 3.02. The zero-order valence-electron chi connectivity index (χ0n) is 14.3. The van der Waals surface area contributed by atoms with Crippen LogP contribution in [-0.2, 0) is 0 Å². The number of carbonyl (C=O) groups excluding carboxylic acids is 1. The topological polar surface area (TPSA) is 59.8 Å². The average molecular weight is 322 g/mol. The molecule has 0 fully saturated rings. The Morgan fingerprint density at radius 2 is 2.00 bits per heavy atom. The van der Waals surface area contributed by atoms with Crippen LogP contribution in [0.25, 0.3) is 22.3 Å². The normalized spacial score (nSPS) is 11.2. The monoisotopic (exact) mass is 322 g/mol. The Balaban J connectivity index is 2.19. The summed E-state index contributed by atoms with van der Waals surface area (Å²) >= 11 is 0. The first-order valence-electron chi connectivity index (χ1n) is 8.33. The standard InChI is InChI=1S/C19H22N4O/c1-4-10-20-19(24)15-11-17(14-8-6-5-7-9-14)22-18-16(15)12-21-23(18)13(2)3/h5-9,11-13H,4,10H2,1-3H3,(H,20,24). The number of nitrogens with one attached hydrogen (secondary N) is 1. The summed E-state index contributed by atoms with van der Waals surface area (Å²) in [4.78, 5) is 17.4. The molecule has 0 aliphatic rings. The SMILES string of the molecule is CCCNC(=O)c1cc(-c2ccccc2)nc2c1cnn2C(C)C. The van der Waals surface area contributed by atoms with Crippen LogP contribution in [0.1, 0.15) is 43.6 Å². The van der Waals surface area contributed by atoms with Crippen molar-refractivity contribution in [1.82, 2.24) is 20.1 Å². The van der Waals surface area contributed by atoms with Crippen molar-refractivity contribution in [2.24, 2.45) is 0 Å². The van der Waals surface area contributed by atoms with Gasteiger partial charge in [0.1, 0.15) is 0 Å². The Bertz CT molecular complexity index is 852. The van der Waals surface area contributed by atoms with Gasteiger partial charge in [-0.15, -0.1) is 0 Å². The van der Waals surface area contributed by atoms with Crippen LogP contribution in [0.2, 0.25) is 0 Å². The molecule has 2 aromatic heterocycles. The average Bonchev–Trinajstić information content (AvgIpc) is 3.03. The minimum Gasteiger partial charge on any atom is -0.352 e. The molecule has 5 heteroatoms. The highest BCUT2D eigenvalue weighted by atomic mass is 16.1. The molecule has 0 unspecified atom stereocenters. The van der Waals surface area contributed by atoms with Crippen molar-refractivity contribution in [2.45, 2.75) is 33.2 Å². The summed E-state index contributed by atoms with van der Waals surface area (Å²) < 4.78 is 1.86. The van der Waals surface area contributed by atoms with Crippen molar-refractivity contribution in [3.63, 3.8) is 0 Å². The lowest BCUT2D eigenvalue weighted by molar-refractivity contribution is 0.0955. The first-order valence-corrected chi connectivity index (χ1v) is 8.33. The molecule has 1 aromatic carbocycles. The van der Waals surface area contributed by atoms with Gasteiger partial charge in [-0.3, -0.25) is 4.79 Å². The van der Waals surface area contributed by atoms with Gasteiger partial charge in [-0.1, -0.05) is 37.3 Å². The summed E-state index contributed by atoms with van der Waals surface area (Å²) in [5, 5.41) is 8.17. The summed E-state index contributed by atoms with van der Waals surface area (Å²) in [5.74, 6) is -0.0789. The third-order valence-corrected chi connectivity index (χ3v) is 3.91. The molecule has 0 spiro atoms. The molecule has 0 radical (unpaired) electrons. The maximum atomic E-state index is 12.6. The fourth-order valence-corrected chi connectivity index (χ4v) is 2.67. The molecule has 0 atom stereocenters. The Kier molecular flexibility index (Phi) is 4.60. The van der Waals surface area contributed by atoms with E-state index in [0.717, 1.165) is 28.7 Å². The highest BCUT2D eigenvalue weighted by Gasteiger charge is 2.18. The molecular formula is C19H22N4O. The van der Waals surface area contributed by atoms with E-state index in [4.69, 9.17) is 4.98 Å². The van der Waals surface area contributed by atoms with Crippen molar-refractivity contribution in [1.29, 1.82) is 0 Å². The number of pyridine rings is 1. The number of hydrogen-bond donors (Lipinski definition) is 1. The fourth-order valence-electron chi connectivity index (χ4n) is 2.67. The summed E-state index contributed by atoms with van der Waals surface area (Å²) in [6.07, 6.45) is 2.63. The molecule has 0 aliphatic carbocycles. The van der Waals surface area contributed by atoms with Gasteiger partial charge in [-0.05, 0) is 26.3 Å². The third-order valence-electron chi connectivity index (χ3n) is 3.91. The van der Waals surface area contributed by atoms with Gasteiger partial charge in [0.15, 0.2) is 5.65 Å². The van der Waals surface area contributed by atoms with Crippen LogP contribution in [0.5, 0.6) is 0 Å². The predicted octanol–water partition coefficient (Wildman–Crippen LogP) is 3.82. The maximum absolute atomic E-state index is 12.6. The predicted molar refractivity (Wildman–Crippen MR) is 96.0 cm³/mol. The zero-order chi connectivity index (χ0) is 17.1. The molecule has 2 heterocycles. The van der Waals surface area contributed by atoms with Crippen LogP contribution < -0.4 is 5.32 Å². The number of fused-ring (bicyclic) bond motifs is 1. The van der Waals surface area contributed by atoms with Gasteiger partial charge in [0.2, 0.25) is 0 Å². The molecule has 0 saturated heterocycles. The fraction of sp³-hybridized carbons (Fsp3) is 0.316. The van der Waals surface area contributed by atoms with E-state index >= 15 is 0 Å². The first kappa shape index (κ1) is 16.2. The van der Waals surface area contributed by atoms with Crippen LogP contribution in [-0.4, -0.2) is 27.2 Å². The van der Waals surface area contributed by atoms with Crippen LogP contribution in [0, 0.1) is 0 Å². The van der Waals surface area contributed by atoms with E-state index in [-0.39, 0.29) is 11.9 Å². The van der Waals surface area contributed by atoms with Gasteiger partial charge in [0.25, 0.3) is 5.91 Å².